The fourth-order valence-corrected chi connectivity index (χ4v) is 3.02. The number of fused-ring (bicyclic) bond motifs is 1. The molecule has 6 heteroatoms. The van der Waals surface area contributed by atoms with E-state index in [2.05, 4.69) is 18.8 Å². The second-order valence-corrected chi connectivity index (χ2v) is 7.10. The number of hydrogen-bond donors (Lipinski definition) is 0. The van der Waals surface area contributed by atoms with Crippen molar-refractivity contribution in [2.24, 2.45) is 16.8 Å². The van der Waals surface area contributed by atoms with Crippen molar-refractivity contribution in [2.45, 2.75) is 26.8 Å². The van der Waals surface area contributed by atoms with Crippen LogP contribution in [-0.2, 0) is 11.3 Å². The summed E-state index contributed by atoms with van der Waals surface area (Å²) in [5.74, 6) is 0.215. The number of dihydropyridines is 1. The Morgan fingerprint density at radius 2 is 1.96 bits per heavy atom. The number of amides is 3. The Balaban J connectivity index is 1.95. The first-order chi connectivity index (χ1) is 12.0. The maximum atomic E-state index is 13.0. The molecule has 3 rings (SSSR count). The Labute approximate surface area is 152 Å². The molecule has 0 saturated carbocycles. The molecule has 0 spiro atoms. The first kappa shape index (κ1) is 17.5. The molecule has 130 valence electrons. The van der Waals surface area contributed by atoms with Crippen molar-refractivity contribution in [3.63, 3.8) is 0 Å². The minimum atomic E-state index is -0.498. The molecule has 0 aliphatic carbocycles. The Kier molecular flexibility index (Phi) is 5.13. The molecule has 5 nitrogen and oxygen atoms in total. The predicted octanol–water partition coefficient (Wildman–Crippen LogP) is 3.52. The maximum Gasteiger partial charge on any atom is 0.446 e. The molecule has 2 aliphatic heterocycles. The number of amidine groups is 1. The standard InChI is InChI=1S/C19H21ClN3O2/c1-13(2)9-11-22-18(24)16-4-3-10-21-17(16)23(19(22)25)12-14-5-7-15(20)8-6-14/h3-8,10,13,16H,9,11-12H2,1-2H3/q+1. The Morgan fingerprint density at radius 1 is 1.24 bits per heavy atom. The van der Waals surface area contributed by atoms with Crippen LogP contribution in [0, 0.1) is 11.8 Å². The summed E-state index contributed by atoms with van der Waals surface area (Å²) < 4.78 is 1.59. The fraction of sp³-hybridized carbons (Fsp3) is 0.368. The Morgan fingerprint density at radius 3 is 2.64 bits per heavy atom. The summed E-state index contributed by atoms with van der Waals surface area (Å²) in [6, 6.07) is 7.03. The molecule has 25 heavy (non-hydrogen) atoms. The molecule has 0 N–H and O–H groups in total. The summed E-state index contributed by atoms with van der Waals surface area (Å²) in [6.45, 7) is 4.94. The summed E-state index contributed by atoms with van der Waals surface area (Å²) in [5.41, 5.74) is 0.937. The number of benzene rings is 1. The van der Waals surface area contributed by atoms with Gasteiger partial charge in [0.25, 0.3) is 5.84 Å². The second kappa shape index (κ2) is 7.31. The van der Waals surface area contributed by atoms with Crippen LogP contribution in [0.2, 0.25) is 5.02 Å². The topological polar surface area (TPSA) is 52.8 Å². The number of urea groups is 1. The monoisotopic (exact) mass is 358 g/mol. The van der Waals surface area contributed by atoms with Crippen molar-refractivity contribution < 1.29 is 14.2 Å². The lowest BCUT2D eigenvalue weighted by Gasteiger charge is -2.27. The number of carbonyl (C=O) groups excluding carboxylic acids is 2. The van der Waals surface area contributed by atoms with Crippen LogP contribution in [0.1, 0.15) is 25.8 Å². The number of nitrogens with zero attached hydrogens (tertiary/aromatic N) is 3. The third kappa shape index (κ3) is 3.71. The highest BCUT2D eigenvalue weighted by Crippen LogP contribution is 2.21. The zero-order valence-electron chi connectivity index (χ0n) is 14.4. The van der Waals surface area contributed by atoms with E-state index in [4.69, 9.17) is 11.6 Å². The molecule has 1 unspecified atom stereocenters. The van der Waals surface area contributed by atoms with Crippen molar-refractivity contribution >= 4 is 35.6 Å². The van der Waals surface area contributed by atoms with Gasteiger partial charge < -0.3 is 0 Å². The third-order valence-corrected chi connectivity index (χ3v) is 4.58. The van der Waals surface area contributed by atoms with Crippen LogP contribution in [0.3, 0.4) is 0 Å². The van der Waals surface area contributed by atoms with Gasteiger partial charge in [-0.2, -0.15) is 9.48 Å². The van der Waals surface area contributed by atoms with E-state index in [9.17, 15) is 9.59 Å². The van der Waals surface area contributed by atoms with Gasteiger partial charge in [-0.1, -0.05) is 43.7 Å². The normalized spacial score (nSPS) is 19.8. The number of halogens is 1. The fourth-order valence-electron chi connectivity index (χ4n) is 2.90. The van der Waals surface area contributed by atoms with Crippen molar-refractivity contribution in [3.8, 4) is 0 Å². The van der Waals surface area contributed by atoms with Crippen molar-refractivity contribution in [3.05, 3.63) is 47.0 Å². The van der Waals surface area contributed by atoms with E-state index < -0.39 is 5.92 Å². The quantitative estimate of drug-likeness (QED) is 0.756. The summed E-state index contributed by atoms with van der Waals surface area (Å²) in [5, 5.41) is 0.645. The number of aliphatic imine (C=N–C) groups is 1. The molecule has 1 aromatic carbocycles. The average Bonchev–Trinajstić information content (AvgIpc) is 2.60. The molecule has 0 saturated heterocycles. The summed E-state index contributed by atoms with van der Waals surface area (Å²) >= 11 is 5.94. The van der Waals surface area contributed by atoms with E-state index in [-0.39, 0.29) is 11.9 Å². The molecule has 0 bridgehead atoms. The lowest BCUT2D eigenvalue weighted by atomic mass is 10.0. The van der Waals surface area contributed by atoms with Gasteiger partial charge in [0.1, 0.15) is 12.8 Å². The molecular weight excluding hydrogens is 338 g/mol. The van der Waals surface area contributed by atoms with E-state index in [0.717, 1.165) is 12.0 Å². The average molecular weight is 359 g/mol. The molecule has 1 aromatic rings. The van der Waals surface area contributed by atoms with Gasteiger partial charge in [0.05, 0.1) is 6.54 Å². The molecular formula is C19H21ClN3O2+. The lowest BCUT2D eigenvalue weighted by Crippen LogP contribution is -2.54. The van der Waals surface area contributed by atoms with E-state index in [0.29, 0.717) is 29.9 Å². The molecule has 0 radical (unpaired) electrons. The lowest BCUT2D eigenvalue weighted by molar-refractivity contribution is -0.458. The number of imide groups is 1. The number of allylic oxidation sites excluding steroid dienone is 1. The zero-order valence-corrected chi connectivity index (χ0v) is 15.1. The predicted molar refractivity (Wildman–Crippen MR) is 98.1 cm³/mol. The van der Waals surface area contributed by atoms with Crippen LogP contribution < -0.4 is 0 Å². The van der Waals surface area contributed by atoms with Crippen molar-refractivity contribution in [1.82, 2.24) is 4.90 Å². The van der Waals surface area contributed by atoms with E-state index in [1.54, 1.807) is 35.1 Å². The third-order valence-electron chi connectivity index (χ3n) is 4.33. The van der Waals surface area contributed by atoms with Crippen LogP contribution in [0.5, 0.6) is 0 Å². The van der Waals surface area contributed by atoms with Gasteiger partial charge in [0.15, 0.2) is 5.92 Å². The molecule has 0 fully saturated rings. The Bertz CT molecular complexity index is 778. The van der Waals surface area contributed by atoms with Gasteiger partial charge in [0.2, 0.25) is 0 Å². The summed E-state index contributed by atoms with van der Waals surface area (Å²) in [4.78, 5) is 31.4. The van der Waals surface area contributed by atoms with E-state index in [1.807, 2.05) is 12.1 Å². The van der Waals surface area contributed by atoms with Crippen LogP contribution in [0.4, 0.5) is 4.79 Å². The van der Waals surface area contributed by atoms with Crippen LogP contribution in [0.15, 0.2) is 41.4 Å². The first-order valence-electron chi connectivity index (χ1n) is 8.42. The highest BCUT2D eigenvalue weighted by atomic mass is 35.5. The largest absolute Gasteiger partial charge is 0.446 e. The second-order valence-electron chi connectivity index (χ2n) is 6.67. The van der Waals surface area contributed by atoms with Gasteiger partial charge in [0, 0.05) is 5.02 Å². The number of rotatable bonds is 5. The van der Waals surface area contributed by atoms with Gasteiger partial charge >= 0.3 is 11.9 Å². The van der Waals surface area contributed by atoms with Crippen molar-refractivity contribution in [2.75, 3.05) is 6.54 Å². The smallest absolute Gasteiger partial charge is 0.255 e. The minimum absolute atomic E-state index is 0.193. The summed E-state index contributed by atoms with van der Waals surface area (Å²) in [6.07, 6.45) is 5.95. The van der Waals surface area contributed by atoms with Crippen LogP contribution in [-0.4, -0.2) is 40.0 Å². The number of hydrogen-bond acceptors (Lipinski definition) is 3. The highest BCUT2D eigenvalue weighted by Gasteiger charge is 2.46. The SMILES string of the molecule is CC(C)CCN1C(=O)C2C=CC=NC2=[N+](Cc2ccc(Cl)cc2)C1=O. The molecule has 3 amide bonds. The van der Waals surface area contributed by atoms with Gasteiger partial charge in [-0.05, 0) is 36.1 Å². The first-order valence-corrected chi connectivity index (χ1v) is 8.80. The molecule has 2 aliphatic rings. The van der Waals surface area contributed by atoms with Crippen LogP contribution in [0.25, 0.3) is 0 Å². The zero-order chi connectivity index (χ0) is 18.0. The van der Waals surface area contributed by atoms with Crippen LogP contribution >= 0.6 is 11.6 Å². The Hall–Kier alpha value is -2.27. The number of carbonyl (C=O) groups is 2. The summed E-state index contributed by atoms with van der Waals surface area (Å²) in [7, 11) is 0. The van der Waals surface area contributed by atoms with E-state index >= 15 is 0 Å². The van der Waals surface area contributed by atoms with E-state index in [1.165, 1.54) is 4.90 Å². The molecule has 2 heterocycles. The molecule has 0 aromatic heterocycles. The molecule has 1 atom stereocenters. The van der Waals surface area contributed by atoms with Gasteiger partial charge in [-0.25, -0.2) is 4.79 Å². The van der Waals surface area contributed by atoms with Gasteiger partial charge in [-0.3, -0.25) is 4.79 Å². The van der Waals surface area contributed by atoms with Crippen molar-refractivity contribution in [1.29, 1.82) is 0 Å². The highest BCUT2D eigenvalue weighted by molar-refractivity contribution is 6.30. The minimum Gasteiger partial charge on any atom is -0.255 e. The van der Waals surface area contributed by atoms with Gasteiger partial charge in [-0.15, -0.1) is 4.99 Å². The maximum absolute atomic E-state index is 13.0.